The number of rotatable bonds is 3. The van der Waals surface area contributed by atoms with Crippen LogP contribution in [0, 0.1) is 5.92 Å². The minimum atomic E-state index is -0.981. The van der Waals surface area contributed by atoms with E-state index in [2.05, 4.69) is 0 Å². The SMILES string of the molecule is NC(=S)N1CCC(C(O)(c2ccccc2)c2ccccc2)CC1. The van der Waals surface area contributed by atoms with Crippen LogP contribution in [0.3, 0.4) is 0 Å². The first-order chi connectivity index (χ1) is 11.1. The van der Waals surface area contributed by atoms with Gasteiger partial charge < -0.3 is 15.7 Å². The first-order valence-electron chi connectivity index (χ1n) is 8.00. The smallest absolute Gasteiger partial charge is 0.166 e. The van der Waals surface area contributed by atoms with Gasteiger partial charge in [0.2, 0.25) is 0 Å². The van der Waals surface area contributed by atoms with Crippen LogP contribution in [0.15, 0.2) is 60.7 Å². The largest absolute Gasteiger partial charge is 0.380 e. The van der Waals surface area contributed by atoms with Gasteiger partial charge in [0.25, 0.3) is 0 Å². The van der Waals surface area contributed by atoms with Crippen LogP contribution in [0.4, 0.5) is 0 Å². The fourth-order valence-corrected chi connectivity index (χ4v) is 3.72. The maximum atomic E-state index is 11.7. The molecule has 4 heteroatoms. The van der Waals surface area contributed by atoms with Gasteiger partial charge in [-0.15, -0.1) is 0 Å². The Bertz CT molecular complexity index is 612. The Balaban J connectivity index is 1.96. The van der Waals surface area contributed by atoms with Crippen molar-refractivity contribution in [2.24, 2.45) is 11.7 Å². The Morgan fingerprint density at radius 1 is 0.957 bits per heavy atom. The van der Waals surface area contributed by atoms with Crippen molar-refractivity contribution in [3.8, 4) is 0 Å². The number of hydrogen-bond acceptors (Lipinski definition) is 2. The predicted molar refractivity (Wildman–Crippen MR) is 97.0 cm³/mol. The molecule has 3 rings (SSSR count). The van der Waals surface area contributed by atoms with Gasteiger partial charge in [-0.3, -0.25) is 0 Å². The average molecular weight is 326 g/mol. The molecular weight excluding hydrogens is 304 g/mol. The zero-order valence-corrected chi connectivity index (χ0v) is 13.9. The Morgan fingerprint density at radius 3 is 1.78 bits per heavy atom. The molecule has 23 heavy (non-hydrogen) atoms. The number of nitrogens with zero attached hydrogens (tertiary/aromatic N) is 1. The van der Waals surface area contributed by atoms with E-state index >= 15 is 0 Å². The molecule has 0 aromatic heterocycles. The van der Waals surface area contributed by atoms with Crippen LogP contribution in [0.5, 0.6) is 0 Å². The summed E-state index contributed by atoms with van der Waals surface area (Å²) in [4.78, 5) is 2.02. The molecule has 0 saturated carbocycles. The highest BCUT2D eigenvalue weighted by Crippen LogP contribution is 2.41. The van der Waals surface area contributed by atoms with E-state index in [0.717, 1.165) is 37.1 Å². The third-order valence-electron chi connectivity index (χ3n) is 4.83. The lowest BCUT2D eigenvalue weighted by Crippen LogP contribution is -2.47. The van der Waals surface area contributed by atoms with E-state index in [1.165, 1.54) is 0 Å². The van der Waals surface area contributed by atoms with E-state index in [4.69, 9.17) is 18.0 Å². The number of likely N-dealkylation sites (tertiary alicyclic amines) is 1. The average Bonchev–Trinajstić information content (AvgIpc) is 2.62. The number of benzene rings is 2. The molecule has 1 fully saturated rings. The topological polar surface area (TPSA) is 49.5 Å². The Labute approximate surface area is 142 Å². The molecule has 0 aliphatic carbocycles. The predicted octanol–water partition coefficient (Wildman–Crippen LogP) is 2.88. The third kappa shape index (κ3) is 3.09. The summed E-state index contributed by atoms with van der Waals surface area (Å²) in [5, 5.41) is 12.2. The molecule has 2 aromatic carbocycles. The molecule has 1 saturated heterocycles. The van der Waals surface area contributed by atoms with Crippen LogP contribution in [0.2, 0.25) is 0 Å². The van der Waals surface area contributed by atoms with E-state index in [0.29, 0.717) is 5.11 Å². The van der Waals surface area contributed by atoms with Crippen molar-refractivity contribution in [3.63, 3.8) is 0 Å². The van der Waals surface area contributed by atoms with Crippen LogP contribution in [-0.2, 0) is 5.60 Å². The summed E-state index contributed by atoms with van der Waals surface area (Å²) < 4.78 is 0. The van der Waals surface area contributed by atoms with Crippen LogP contribution >= 0.6 is 12.2 Å². The molecule has 3 nitrogen and oxygen atoms in total. The highest BCUT2D eigenvalue weighted by atomic mass is 32.1. The summed E-state index contributed by atoms with van der Waals surface area (Å²) in [6.07, 6.45) is 1.72. The Morgan fingerprint density at radius 2 is 1.39 bits per heavy atom. The van der Waals surface area contributed by atoms with Gasteiger partial charge in [-0.25, -0.2) is 0 Å². The van der Waals surface area contributed by atoms with E-state index in [1.54, 1.807) is 0 Å². The number of aliphatic hydroxyl groups is 1. The van der Waals surface area contributed by atoms with Crippen LogP contribution in [0.1, 0.15) is 24.0 Å². The van der Waals surface area contributed by atoms with Gasteiger partial charge in [0.1, 0.15) is 5.60 Å². The molecular formula is C19H22N2OS. The van der Waals surface area contributed by atoms with Gasteiger partial charge in [-0.2, -0.15) is 0 Å². The van der Waals surface area contributed by atoms with Crippen molar-refractivity contribution in [1.29, 1.82) is 0 Å². The minimum Gasteiger partial charge on any atom is -0.380 e. The van der Waals surface area contributed by atoms with Crippen molar-refractivity contribution in [2.75, 3.05) is 13.1 Å². The second-order valence-corrected chi connectivity index (χ2v) is 6.52. The van der Waals surface area contributed by atoms with Crippen LogP contribution in [0.25, 0.3) is 0 Å². The first-order valence-corrected chi connectivity index (χ1v) is 8.41. The molecule has 0 unspecified atom stereocenters. The second kappa shape index (κ2) is 6.69. The Kier molecular flexibility index (Phi) is 4.64. The summed E-state index contributed by atoms with van der Waals surface area (Å²) in [7, 11) is 0. The van der Waals surface area contributed by atoms with Crippen LogP contribution in [-0.4, -0.2) is 28.2 Å². The lowest BCUT2D eigenvalue weighted by molar-refractivity contribution is -0.00641. The summed E-state index contributed by atoms with van der Waals surface area (Å²) in [6.45, 7) is 1.59. The molecule has 0 spiro atoms. The summed E-state index contributed by atoms with van der Waals surface area (Å²) in [6, 6.07) is 19.9. The standard InChI is InChI=1S/C19H22N2OS/c20-18(23)21-13-11-17(12-14-21)19(22,15-7-3-1-4-8-15)16-9-5-2-6-10-16/h1-10,17,22H,11-14H2,(H2,20,23). The van der Waals surface area contributed by atoms with Gasteiger partial charge in [-0.05, 0) is 42.1 Å². The summed E-state index contributed by atoms with van der Waals surface area (Å²) in [5.74, 6) is 0.137. The van der Waals surface area contributed by atoms with Crippen molar-refractivity contribution in [3.05, 3.63) is 71.8 Å². The van der Waals surface area contributed by atoms with Crippen molar-refractivity contribution >= 4 is 17.3 Å². The number of thiocarbonyl (C=S) groups is 1. The fourth-order valence-electron chi connectivity index (χ4n) is 3.54. The third-order valence-corrected chi connectivity index (χ3v) is 5.08. The Hall–Kier alpha value is -1.91. The zero-order valence-electron chi connectivity index (χ0n) is 13.1. The molecule has 3 N–H and O–H groups in total. The van der Waals surface area contributed by atoms with Crippen molar-refractivity contribution < 1.29 is 5.11 Å². The summed E-state index contributed by atoms with van der Waals surface area (Å²) >= 11 is 5.08. The molecule has 0 bridgehead atoms. The lowest BCUT2D eigenvalue weighted by atomic mass is 9.72. The van der Waals surface area contributed by atoms with Gasteiger partial charge in [0.05, 0.1) is 0 Å². The molecule has 1 aliphatic rings. The molecule has 120 valence electrons. The fraction of sp³-hybridized carbons (Fsp3) is 0.316. The molecule has 1 heterocycles. The number of hydrogen-bond donors (Lipinski definition) is 2. The molecule has 2 aromatic rings. The van der Waals surface area contributed by atoms with E-state index in [-0.39, 0.29) is 5.92 Å². The van der Waals surface area contributed by atoms with E-state index < -0.39 is 5.60 Å². The first kappa shape index (κ1) is 16.0. The maximum absolute atomic E-state index is 11.7. The van der Waals surface area contributed by atoms with Crippen molar-refractivity contribution in [1.82, 2.24) is 4.90 Å². The zero-order chi connectivity index (χ0) is 16.3. The molecule has 0 atom stereocenters. The highest BCUT2D eigenvalue weighted by Gasteiger charge is 2.41. The second-order valence-electron chi connectivity index (χ2n) is 6.10. The van der Waals surface area contributed by atoms with Gasteiger partial charge in [0, 0.05) is 13.1 Å². The number of piperidine rings is 1. The summed E-state index contributed by atoms with van der Waals surface area (Å²) in [5.41, 5.74) is 6.65. The monoisotopic (exact) mass is 326 g/mol. The van der Waals surface area contributed by atoms with Gasteiger partial charge in [0.15, 0.2) is 5.11 Å². The van der Waals surface area contributed by atoms with Crippen molar-refractivity contribution in [2.45, 2.75) is 18.4 Å². The molecule has 1 aliphatic heterocycles. The van der Waals surface area contributed by atoms with Gasteiger partial charge in [-0.1, -0.05) is 60.7 Å². The molecule has 0 radical (unpaired) electrons. The van der Waals surface area contributed by atoms with E-state index in [1.807, 2.05) is 65.6 Å². The maximum Gasteiger partial charge on any atom is 0.166 e. The number of nitrogens with two attached hydrogens (primary N) is 1. The minimum absolute atomic E-state index is 0.137. The quantitative estimate of drug-likeness (QED) is 0.852. The normalized spacial score (nSPS) is 16.3. The van der Waals surface area contributed by atoms with Crippen LogP contribution < -0.4 is 5.73 Å². The molecule has 0 amide bonds. The highest BCUT2D eigenvalue weighted by molar-refractivity contribution is 7.80. The lowest BCUT2D eigenvalue weighted by Gasteiger charge is -2.42. The van der Waals surface area contributed by atoms with E-state index in [9.17, 15) is 5.11 Å². The van der Waals surface area contributed by atoms with Gasteiger partial charge >= 0.3 is 0 Å².